The summed E-state index contributed by atoms with van der Waals surface area (Å²) in [6.07, 6.45) is 2.14. The number of likely N-dealkylation sites (N-methyl/N-ethyl adjacent to an activating group) is 1. The molecule has 0 fully saturated rings. The van der Waals surface area contributed by atoms with Crippen LogP contribution in [0.25, 0.3) is 0 Å². The van der Waals surface area contributed by atoms with Crippen LogP contribution in [0.15, 0.2) is 66.9 Å². The molecule has 0 saturated heterocycles. The van der Waals surface area contributed by atoms with Crippen molar-refractivity contribution in [3.05, 3.63) is 78.1 Å². The van der Waals surface area contributed by atoms with Crippen LogP contribution in [-0.2, 0) is 11.2 Å². The van der Waals surface area contributed by atoms with Crippen molar-refractivity contribution >= 4 is 17.6 Å². The second-order valence-corrected chi connectivity index (χ2v) is 6.86. The van der Waals surface area contributed by atoms with Gasteiger partial charge in [0.2, 0.25) is 0 Å². The minimum absolute atomic E-state index is 0.0236. The molecule has 1 aliphatic rings. The monoisotopic (exact) mass is 406 g/mol. The Morgan fingerprint density at radius 3 is 2.77 bits per heavy atom. The van der Waals surface area contributed by atoms with Gasteiger partial charge in [-0.15, -0.1) is 4.80 Å². The Morgan fingerprint density at radius 1 is 1.17 bits per heavy atom. The molecular weight excluding hydrogens is 384 g/mol. The van der Waals surface area contributed by atoms with Gasteiger partial charge in [0.15, 0.2) is 0 Å². The third-order valence-electron chi connectivity index (χ3n) is 4.76. The number of rotatable bonds is 3. The lowest BCUT2D eigenvalue weighted by molar-refractivity contribution is -0.120. The molecule has 2 amide bonds. The normalized spacial score (nSPS) is 15.6. The van der Waals surface area contributed by atoms with Crippen LogP contribution in [0, 0.1) is 0 Å². The van der Waals surface area contributed by atoms with E-state index in [9.17, 15) is 9.59 Å². The summed E-state index contributed by atoms with van der Waals surface area (Å²) < 4.78 is 5.74. The Hall–Kier alpha value is -4.01. The number of para-hydroxylation sites is 2. The number of nitrogens with one attached hydrogen (secondary N) is 3. The molecule has 2 aromatic carbocycles. The van der Waals surface area contributed by atoms with E-state index < -0.39 is 12.1 Å². The number of H-pyrrole nitrogens is 2. The van der Waals surface area contributed by atoms with Gasteiger partial charge in [0.25, 0.3) is 5.91 Å². The highest BCUT2D eigenvalue weighted by atomic mass is 16.5. The summed E-state index contributed by atoms with van der Waals surface area (Å²) in [6.45, 7) is 0.0236. The van der Waals surface area contributed by atoms with Crippen LogP contribution >= 0.6 is 0 Å². The first kappa shape index (κ1) is 19.3. The van der Waals surface area contributed by atoms with E-state index in [1.165, 1.54) is 4.90 Å². The zero-order chi connectivity index (χ0) is 20.9. The average Bonchev–Trinajstić information content (AvgIpc) is 3.07. The number of hydrogen-bond acceptors (Lipinski definition) is 4. The number of benzene rings is 2. The van der Waals surface area contributed by atoms with Gasteiger partial charge in [0.1, 0.15) is 18.4 Å². The van der Waals surface area contributed by atoms with Crippen molar-refractivity contribution in [3.8, 4) is 5.75 Å². The molecule has 0 aliphatic carbocycles. The van der Waals surface area contributed by atoms with Crippen LogP contribution < -0.4 is 15.0 Å². The van der Waals surface area contributed by atoms with E-state index in [4.69, 9.17) is 4.74 Å². The molecule has 9 heteroatoms. The number of hydrogen-bond donors (Lipinski definition) is 3. The SMILES string of the molecule is CN1C(=O)[C@@H](NC(=O)n2[nH]nccc(Cc3ccccc3)[nH]2)COc2ccccc21. The molecule has 1 aliphatic heterocycles. The average molecular weight is 406 g/mol. The molecule has 0 radical (unpaired) electrons. The van der Waals surface area contributed by atoms with Crippen molar-refractivity contribution < 1.29 is 14.3 Å². The number of ether oxygens (including phenoxy) is 1. The fourth-order valence-electron chi connectivity index (χ4n) is 3.20. The van der Waals surface area contributed by atoms with Gasteiger partial charge in [-0.1, -0.05) is 42.5 Å². The van der Waals surface area contributed by atoms with Crippen molar-refractivity contribution in [2.45, 2.75) is 12.5 Å². The lowest BCUT2D eigenvalue weighted by Crippen LogP contribution is -2.51. The Bertz CT molecular complexity index is 1080. The molecule has 3 N–H and O–H groups in total. The summed E-state index contributed by atoms with van der Waals surface area (Å²) >= 11 is 0. The maximum Gasteiger partial charge on any atom is 0.357 e. The highest BCUT2D eigenvalue weighted by Gasteiger charge is 2.30. The number of anilines is 1. The summed E-state index contributed by atoms with van der Waals surface area (Å²) in [4.78, 5) is 28.2. The van der Waals surface area contributed by atoms with Crippen LogP contribution in [0.2, 0.25) is 0 Å². The second-order valence-electron chi connectivity index (χ2n) is 6.86. The highest BCUT2D eigenvalue weighted by molar-refractivity contribution is 6.00. The van der Waals surface area contributed by atoms with Gasteiger partial charge in [0.05, 0.1) is 11.9 Å². The molecule has 0 spiro atoms. The third kappa shape index (κ3) is 4.19. The molecule has 154 valence electrons. The van der Waals surface area contributed by atoms with Crippen molar-refractivity contribution in [1.29, 1.82) is 0 Å². The summed E-state index contributed by atoms with van der Waals surface area (Å²) in [5, 5.41) is 12.3. The van der Waals surface area contributed by atoms with Crippen molar-refractivity contribution in [1.82, 2.24) is 25.5 Å². The fourth-order valence-corrected chi connectivity index (χ4v) is 3.20. The van der Waals surface area contributed by atoms with Crippen LogP contribution in [0.1, 0.15) is 11.3 Å². The summed E-state index contributed by atoms with van der Waals surface area (Å²) in [7, 11) is 1.66. The standard InChI is InChI=1S/C21H22N6O3/c1-26-18-9-5-6-10-19(18)30-14-17(20(26)28)23-21(29)27-24-16(11-12-22-25-27)13-15-7-3-2-4-8-15/h2-12,17,24-25H,13-14H2,1H3,(H,23,29)/t17-/m0/s1. The molecule has 0 saturated carbocycles. The Morgan fingerprint density at radius 2 is 1.93 bits per heavy atom. The second kappa shape index (κ2) is 8.56. The summed E-state index contributed by atoms with van der Waals surface area (Å²) in [5.74, 6) is 0.320. The molecule has 9 nitrogen and oxygen atoms in total. The van der Waals surface area contributed by atoms with Crippen molar-refractivity contribution in [3.63, 3.8) is 0 Å². The lowest BCUT2D eigenvalue weighted by Gasteiger charge is -2.20. The van der Waals surface area contributed by atoms with Gasteiger partial charge < -0.3 is 15.0 Å². The number of aromatic nitrogens is 4. The third-order valence-corrected chi connectivity index (χ3v) is 4.76. The molecule has 2 heterocycles. The molecular formula is C21H22N6O3. The predicted molar refractivity (Wildman–Crippen MR) is 111 cm³/mol. The van der Waals surface area contributed by atoms with E-state index in [1.54, 1.807) is 31.4 Å². The number of amides is 2. The van der Waals surface area contributed by atoms with Gasteiger partial charge in [-0.05, 0) is 23.8 Å². The van der Waals surface area contributed by atoms with Crippen LogP contribution in [0.5, 0.6) is 5.75 Å². The van der Waals surface area contributed by atoms with Gasteiger partial charge in [-0.2, -0.15) is 10.3 Å². The van der Waals surface area contributed by atoms with Crippen LogP contribution in [0.4, 0.5) is 10.5 Å². The molecule has 1 atom stereocenters. The molecule has 0 unspecified atom stereocenters. The largest absolute Gasteiger partial charge is 0.489 e. The van der Waals surface area contributed by atoms with Crippen LogP contribution in [-0.4, -0.2) is 51.8 Å². The van der Waals surface area contributed by atoms with Gasteiger partial charge in [-0.3, -0.25) is 9.89 Å². The zero-order valence-electron chi connectivity index (χ0n) is 16.4. The number of carbonyl (C=O) groups is 2. The first-order valence-electron chi connectivity index (χ1n) is 9.50. The quantitative estimate of drug-likeness (QED) is 0.620. The lowest BCUT2D eigenvalue weighted by atomic mass is 10.1. The number of fused-ring (bicyclic) bond motifs is 1. The minimum atomic E-state index is -0.854. The zero-order valence-corrected chi connectivity index (χ0v) is 16.4. The van der Waals surface area contributed by atoms with E-state index in [1.807, 2.05) is 42.5 Å². The Labute approximate surface area is 172 Å². The first-order valence-corrected chi connectivity index (χ1v) is 9.50. The molecule has 3 aromatic rings. The number of nitrogens with zero attached hydrogens (tertiary/aromatic N) is 3. The van der Waals surface area contributed by atoms with E-state index in [-0.39, 0.29) is 12.5 Å². The Kier molecular flexibility index (Phi) is 5.51. The number of aromatic amines is 2. The van der Waals surface area contributed by atoms with Crippen LogP contribution in [0.3, 0.4) is 0 Å². The van der Waals surface area contributed by atoms with Crippen molar-refractivity contribution in [2.75, 3.05) is 18.6 Å². The summed E-state index contributed by atoms with van der Waals surface area (Å²) in [5.41, 5.74) is 2.50. The molecule has 30 heavy (non-hydrogen) atoms. The number of carbonyl (C=O) groups excluding carboxylic acids is 2. The fraction of sp³-hybridized carbons (Fsp3) is 0.190. The predicted octanol–water partition coefficient (Wildman–Crippen LogP) is 2.24. The molecule has 1 aromatic heterocycles. The van der Waals surface area contributed by atoms with Gasteiger partial charge >= 0.3 is 6.03 Å². The highest BCUT2D eigenvalue weighted by Crippen LogP contribution is 2.29. The van der Waals surface area contributed by atoms with E-state index in [2.05, 4.69) is 20.7 Å². The topological polar surface area (TPSA) is 108 Å². The van der Waals surface area contributed by atoms with Crippen molar-refractivity contribution in [2.24, 2.45) is 0 Å². The first-order chi connectivity index (χ1) is 14.6. The van der Waals surface area contributed by atoms with Gasteiger partial charge in [0, 0.05) is 19.2 Å². The summed E-state index contributed by atoms with van der Waals surface area (Å²) in [6, 6.07) is 17.5. The maximum atomic E-state index is 12.8. The Balaban J connectivity index is 1.52. The smallest absolute Gasteiger partial charge is 0.357 e. The minimum Gasteiger partial charge on any atom is -0.489 e. The maximum absolute atomic E-state index is 12.8. The van der Waals surface area contributed by atoms with Gasteiger partial charge in [-0.25, -0.2) is 4.79 Å². The molecule has 0 bridgehead atoms. The van der Waals surface area contributed by atoms with E-state index in [0.717, 1.165) is 16.1 Å². The van der Waals surface area contributed by atoms with E-state index >= 15 is 0 Å². The van der Waals surface area contributed by atoms with E-state index in [0.29, 0.717) is 17.9 Å². The molecule has 4 rings (SSSR count).